The number of likely N-dealkylation sites (tertiary alicyclic amines) is 1. The monoisotopic (exact) mass is 201 g/mol. The topological polar surface area (TPSA) is 49.8 Å². The smallest absolute Gasteiger partial charge is 0.225 e. The summed E-state index contributed by atoms with van der Waals surface area (Å²) in [4.78, 5) is 13.2. The van der Waals surface area contributed by atoms with Crippen LogP contribution in [0.15, 0.2) is 0 Å². The van der Waals surface area contributed by atoms with Crippen molar-refractivity contribution in [2.45, 2.75) is 38.3 Å². The number of aliphatic hydroxyl groups is 1. The zero-order valence-electron chi connectivity index (χ0n) is 8.90. The van der Waals surface area contributed by atoms with E-state index in [-0.39, 0.29) is 18.4 Å². The average Bonchev–Trinajstić information content (AvgIpc) is 2.45. The molecule has 1 saturated heterocycles. The van der Waals surface area contributed by atoms with E-state index in [1.807, 2.05) is 0 Å². The molecule has 2 atom stereocenters. The van der Waals surface area contributed by atoms with Crippen LogP contribution in [0.2, 0.25) is 0 Å². The van der Waals surface area contributed by atoms with Crippen LogP contribution in [0, 0.1) is 0 Å². The summed E-state index contributed by atoms with van der Waals surface area (Å²) >= 11 is 0. The molecule has 1 rings (SSSR count). The van der Waals surface area contributed by atoms with Crippen molar-refractivity contribution in [3.05, 3.63) is 0 Å². The molecule has 0 spiro atoms. The third-order valence-electron chi connectivity index (χ3n) is 2.56. The molecule has 4 nitrogen and oxygen atoms in total. The lowest BCUT2D eigenvalue weighted by atomic mass is 10.1. The number of hydrogen-bond acceptors (Lipinski definition) is 3. The van der Waals surface area contributed by atoms with Gasteiger partial charge in [0.15, 0.2) is 0 Å². The van der Waals surface area contributed by atoms with E-state index in [0.717, 1.165) is 12.8 Å². The Morgan fingerprint density at radius 3 is 2.86 bits per heavy atom. The van der Waals surface area contributed by atoms with Gasteiger partial charge in [0, 0.05) is 13.7 Å². The molecule has 0 saturated carbocycles. The molecule has 2 unspecified atom stereocenters. The van der Waals surface area contributed by atoms with Gasteiger partial charge < -0.3 is 14.7 Å². The Bertz CT molecular complexity index is 190. The molecule has 0 radical (unpaired) electrons. The molecule has 0 bridgehead atoms. The summed E-state index contributed by atoms with van der Waals surface area (Å²) in [7, 11) is 1.64. The molecule has 1 aliphatic rings. The first-order chi connectivity index (χ1) is 6.69. The number of carbonyl (C=O) groups excluding carboxylic acids is 1. The van der Waals surface area contributed by atoms with Gasteiger partial charge in [-0.05, 0) is 6.42 Å². The summed E-state index contributed by atoms with van der Waals surface area (Å²) in [6.07, 6.45) is 1.74. The first kappa shape index (κ1) is 11.5. The van der Waals surface area contributed by atoms with Crippen LogP contribution in [0.5, 0.6) is 0 Å². The largest absolute Gasteiger partial charge is 0.391 e. The van der Waals surface area contributed by atoms with Crippen LogP contribution < -0.4 is 0 Å². The predicted octanol–water partition coefficient (Wildman–Crippen LogP) is 0.395. The number of amides is 1. The normalized spacial score (nSPS) is 24.4. The van der Waals surface area contributed by atoms with Crippen molar-refractivity contribution in [3.8, 4) is 0 Å². The van der Waals surface area contributed by atoms with Crippen molar-refractivity contribution in [1.29, 1.82) is 0 Å². The van der Waals surface area contributed by atoms with Crippen LogP contribution in [0.4, 0.5) is 0 Å². The van der Waals surface area contributed by atoms with Gasteiger partial charge in [-0.1, -0.05) is 13.3 Å². The van der Waals surface area contributed by atoms with Gasteiger partial charge >= 0.3 is 0 Å². The second kappa shape index (κ2) is 5.32. The number of rotatable bonds is 5. The van der Waals surface area contributed by atoms with Gasteiger partial charge in [0.1, 0.15) is 0 Å². The van der Waals surface area contributed by atoms with Gasteiger partial charge in [-0.15, -0.1) is 0 Å². The molecule has 0 aromatic rings. The number of carbonyl (C=O) groups is 1. The van der Waals surface area contributed by atoms with E-state index in [9.17, 15) is 9.90 Å². The van der Waals surface area contributed by atoms with E-state index in [4.69, 9.17) is 4.74 Å². The SMILES string of the molecule is CCCC(COC)N1CC(O)CC1=O. The number of hydrogen-bond donors (Lipinski definition) is 1. The maximum absolute atomic E-state index is 11.5. The third kappa shape index (κ3) is 2.69. The van der Waals surface area contributed by atoms with Crippen LogP contribution in [-0.2, 0) is 9.53 Å². The second-order valence-electron chi connectivity index (χ2n) is 3.80. The zero-order valence-corrected chi connectivity index (χ0v) is 8.90. The Morgan fingerprint density at radius 2 is 2.43 bits per heavy atom. The van der Waals surface area contributed by atoms with E-state index >= 15 is 0 Å². The second-order valence-corrected chi connectivity index (χ2v) is 3.80. The molecule has 1 N–H and O–H groups in total. The highest BCUT2D eigenvalue weighted by atomic mass is 16.5. The summed E-state index contributed by atoms with van der Waals surface area (Å²) < 4.78 is 5.08. The van der Waals surface area contributed by atoms with Gasteiger partial charge in [-0.3, -0.25) is 4.79 Å². The van der Waals surface area contributed by atoms with Crippen LogP contribution in [-0.4, -0.2) is 48.3 Å². The molecule has 14 heavy (non-hydrogen) atoms. The van der Waals surface area contributed by atoms with E-state index in [0.29, 0.717) is 13.2 Å². The molecular formula is C10H19NO3. The van der Waals surface area contributed by atoms with Crippen molar-refractivity contribution in [3.63, 3.8) is 0 Å². The first-order valence-corrected chi connectivity index (χ1v) is 5.15. The van der Waals surface area contributed by atoms with E-state index < -0.39 is 6.10 Å². The standard InChI is InChI=1S/C10H19NO3/c1-3-4-8(7-14-2)11-6-9(12)5-10(11)13/h8-9,12H,3-7H2,1-2H3. The summed E-state index contributed by atoms with van der Waals surface area (Å²) in [5, 5.41) is 9.35. The molecule has 0 aromatic heterocycles. The van der Waals surface area contributed by atoms with Gasteiger partial charge in [0.25, 0.3) is 0 Å². The Hall–Kier alpha value is -0.610. The Kier molecular flexibility index (Phi) is 4.35. The summed E-state index contributed by atoms with van der Waals surface area (Å²) in [5.41, 5.74) is 0. The number of β-amino-alcohol motifs (C(OH)–C–C–N with tert-alkyl or cyclic N) is 1. The minimum Gasteiger partial charge on any atom is -0.391 e. The molecular weight excluding hydrogens is 182 g/mol. The Balaban J connectivity index is 2.53. The summed E-state index contributed by atoms with van der Waals surface area (Å²) in [6.45, 7) is 3.11. The number of nitrogens with zero attached hydrogens (tertiary/aromatic N) is 1. The quantitative estimate of drug-likeness (QED) is 0.700. The van der Waals surface area contributed by atoms with E-state index in [2.05, 4.69) is 6.92 Å². The van der Waals surface area contributed by atoms with E-state index in [1.165, 1.54) is 0 Å². The molecule has 4 heteroatoms. The highest BCUT2D eigenvalue weighted by molar-refractivity contribution is 5.79. The van der Waals surface area contributed by atoms with Gasteiger partial charge in [0.2, 0.25) is 5.91 Å². The molecule has 82 valence electrons. The fraction of sp³-hybridized carbons (Fsp3) is 0.900. The van der Waals surface area contributed by atoms with Gasteiger partial charge in [0.05, 0.1) is 25.2 Å². The number of ether oxygens (including phenoxy) is 1. The first-order valence-electron chi connectivity index (χ1n) is 5.15. The maximum Gasteiger partial charge on any atom is 0.225 e. The number of aliphatic hydroxyl groups excluding tert-OH is 1. The molecule has 1 amide bonds. The number of methoxy groups -OCH3 is 1. The van der Waals surface area contributed by atoms with E-state index in [1.54, 1.807) is 12.0 Å². The third-order valence-corrected chi connectivity index (χ3v) is 2.56. The maximum atomic E-state index is 11.5. The lowest BCUT2D eigenvalue weighted by molar-refractivity contribution is -0.130. The molecule has 0 aliphatic carbocycles. The molecule has 1 aliphatic heterocycles. The minimum absolute atomic E-state index is 0.0491. The Labute approximate surface area is 84.8 Å². The van der Waals surface area contributed by atoms with Crippen molar-refractivity contribution in [1.82, 2.24) is 4.90 Å². The Morgan fingerprint density at radius 1 is 1.71 bits per heavy atom. The molecule has 0 aromatic carbocycles. The lowest BCUT2D eigenvalue weighted by Gasteiger charge is -2.26. The van der Waals surface area contributed by atoms with Crippen LogP contribution in [0.25, 0.3) is 0 Å². The minimum atomic E-state index is -0.487. The molecule has 1 fully saturated rings. The fourth-order valence-electron chi connectivity index (χ4n) is 1.92. The summed E-state index contributed by atoms with van der Waals surface area (Å²) in [5.74, 6) is 0.0491. The van der Waals surface area contributed by atoms with Crippen LogP contribution in [0.3, 0.4) is 0 Å². The van der Waals surface area contributed by atoms with Crippen molar-refractivity contribution < 1.29 is 14.6 Å². The van der Waals surface area contributed by atoms with Gasteiger partial charge in [-0.2, -0.15) is 0 Å². The predicted molar refractivity (Wildman–Crippen MR) is 52.9 cm³/mol. The zero-order chi connectivity index (χ0) is 10.6. The van der Waals surface area contributed by atoms with Crippen LogP contribution in [0.1, 0.15) is 26.2 Å². The lowest BCUT2D eigenvalue weighted by Crippen LogP contribution is -2.39. The van der Waals surface area contributed by atoms with Gasteiger partial charge in [-0.25, -0.2) is 0 Å². The fourth-order valence-corrected chi connectivity index (χ4v) is 1.92. The van der Waals surface area contributed by atoms with Crippen molar-refractivity contribution in [2.75, 3.05) is 20.3 Å². The molecule has 1 heterocycles. The van der Waals surface area contributed by atoms with Crippen LogP contribution >= 0.6 is 0 Å². The summed E-state index contributed by atoms with van der Waals surface area (Å²) in [6, 6.07) is 0.134. The highest BCUT2D eigenvalue weighted by Gasteiger charge is 2.32. The van der Waals surface area contributed by atoms with Crippen molar-refractivity contribution in [2.24, 2.45) is 0 Å². The average molecular weight is 201 g/mol. The van der Waals surface area contributed by atoms with Crippen molar-refractivity contribution >= 4 is 5.91 Å². The highest BCUT2D eigenvalue weighted by Crippen LogP contribution is 2.17.